The van der Waals surface area contributed by atoms with Crippen molar-refractivity contribution in [3.8, 4) is 22.5 Å². The number of fused-ring (bicyclic) bond motifs is 3. The minimum atomic E-state index is -0.679. The number of nitrogens with zero attached hydrogens (tertiary/aromatic N) is 6. The monoisotopic (exact) mass is 809 g/mol. The number of rotatable bonds is 9. The maximum Gasteiger partial charge on any atom is 0.329 e. The Labute approximate surface area is 350 Å². The zero-order valence-electron chi connectivity index (χ0n) is 35.0. The maximum absolute atomic E-state index is 13.3. The molecule has 312 valence electrons. The van der Waals surface area contributed by atoms with Crippen LogP contribution in [-0.4, -0.2) is 94.1 Å². The molecule has 5 aromatic rings. The van der Waals surface area contributed by atoms with E-state index in [1.54, 1.807) is 16.2 Å². The van der Waals surface area contributed by atoms with E-state index < -0.39 is 11.9 Å². The number of aromatic amines is 1. The lowest BCUT2D eigenvalue weighted by Gasteiger charge is -2.41. The zero-order valence-corrected chi connectivity index (χ0v) is 35.0. The largest absolute Gasteiger partial charge is 0.371 e. The SMILES string of the molecule is CCc1cc(-c2cc(-c3cc4c([nH]3)C3(CC3)CNC4=O)ccn2)cc(CC)c1N1CCN(CC2CCN(c3ccc4c(c3)n(C)c(=O)n4C3CCC(=O)NC3=O)CC2)CC1. The number of nitrogens with one attached hydrogen (secondary N) is 3. The van der Waals surface area contributed by atoms with E-state index in [0.717, 1.165) is 141 Å². The number of carbonyl (C=O) groups is 3. The number of imidazole rings is 1. The van der Waals surface area contributed by atoms with Gasteiger partial charge in [0, 0.05) is 111 Å². The molecule has 7 heterocycles. The van der Waals surface area contributed by atoms with Crippen LogP contribution in [0.25, 0.3) is 33.5 Å². The number of anilines is 2. The summed E-state index contributed by atoms with van der Waals surface area (Å²) in [4.78, 5) is 66.6. The van der Waals surface area contributed by atoms with Gasteiger partial charge in [-0.1, -0.05) is 13.8 Å². The van der Waals surface area contributed by atoms with Gasteiger partial charge in [-0.2, -0.15) is 0 Å². The lowest BCUT2D eigenvalue weighted by atomic mass is 9.94. The summed E-state index contributed by atoms with van der Waals surface area (Å²) < 4.78 is 3.17. The first-order valence-corrected chi connectivity index (χ1v) is 22.0. The van der Waals surface area contributed by atoms with Crippen molar-refractivity contribution >= 4 is 40.1 Å². The van der Waals surface area contributed by atoms with Gasteiger partial charge in [-0.05, 0) is 111 Å². The van der Waals surface area contributed by atoms with Crippen molar-refractivity contribution in [2.45, 2.75) is 76.7 Å². The Morgan fingerprint density at radius 3 is 2.25 bits per heavy atom. The van der Waals surface area contributed by atoms with E-state index in [1.165, 1.54) is 16.8 Å². The van der Waals surface area contributed by atoms with Crippen molar-refractivity contribution in [2.24, 2.45) is 13.0 Å². The molecule has 3 aromatic heterocycles. The molecule has 3 amide bonds. The number of aromatic nitrogens is 4. The number of piperidine rings is 2. The first kappa shape index (κ1) is 38.5. The van der Waals surface area contributed by atoms with Gasteiger partial charge in [-0.25, -0.2) is 4.79 Å². The van der Waals surface area contributed by atoms with E-state index in [0.29, 0.717) is 12.3 Å². The molecule has 13 heteroatoms. The topological polar surface area (TPSA) is 141 Å². The van der Waals surface area contributed by atoms with Crippen LogP contribution in [0.5, 0.6) is 0 Å². The second-order valence-corrected chi connectivity index (χ2v) is 17.8. The van der Waals surface area contributed by atoms with Crippen LogP contribution in [0.3, 0.4) is 0 Å². The third-order valence-electron chi connectivity index (χ3n) is 14.2. The van der Waals surface area contributed by atoms with E-state index in [4.69, 9.17) is 4.98 Å². The predicted octanol–water partition coefficient (Wildman–Crippen LogP) is 5.31. The summed E-state index contributed by atoms with van der Waals surface area (Å²) >= 11 is 0. The van der Waals surface area contributed by atoms with Crippen molar-refractivity contribution in [1.29, 1.82) is 0 Å². The van der Waals surface area contributed by atoms with Crippen molar-refractivity contribution < 1.29 is 14.4 Å². The lowest BCUT2D eigenvalue weighted by molar-refractivity contribution is -0.135. The van der Waals surface area contributed by atoms with Gasteiger partial charge in [0.25, 0.3) is 5.91 Å². The number of amides is 3. The number of hydrogen-bond acceptors (Lipinski definition) is 8. The Morgan fingerprint density at radius 2 is 1.55 bits per heavy atom. The number of carbonyl (C=O) groups excluding carboxylic acids is 3. The Bertz CT molecular complexity index is 2560. The Balaban J connectivity index is 0.777. The maximum atomic E-state index is 13.3. The second-order valence-electron chi connectivity index (χ2n) is 17.8. The molecule has 13 nitrogen and oxygen atoms in total. The molecule has 3 saturated heterocycles. The summed E-state index contributed by atoms with van der Waals surface area (Å²) in [7, 11) is 1.75. The van der Waals surface area contributed by atoms with Gasteiger partial charge in [-0.15, -0.1) is 0 Å². The van der Waals surface area contributed by atoms with Gasteiger partial charge < -0.3 is 20.1 Å². The van der Waals surface area contributed by atoms with Crippen LogP contribution >= 0.6 is 0 Å². The van der Waals surface area contributed by atoms with Gasteiger partial charge in [0.15, 0.2) is 0 Å². The second kappa shape index (κ2) is 15.1. The zero-order chi connectivity index (χ0) is 41.3. The Kier molecular flexibility index (Phi) is 9.69. The highest BCUT2D eigenvalue weighted by molar-refractivity contribution is 6.00. The molecule has 5 aliphatic rings. The quantitative estimate of drug-likeness (QED) is 0.170. The molecule has 3 N–H and O–H groups in total. The first-order valence-electron chi connectivity index (χ1n) is 22.0. The van der Waals surface area contributed by atoms with Crippen LogP contribution in [0, 0.1) is 5.92 Å². The normalized spacial score (nSPS) is 20.8. The molecule has 60 heavy (non-hydrogen) atoms. The Morgan fingerprint density at radius 1 is 0.800 bits per heavy atom. The van der Waals surface area contributed by atoms with Crippen molar-refractivity contribution in [3.63, 3.8) is 0 Å². The van der Waals surface area contributed by atoms with Crippen molar-refractivity contribution in [2.75, 3.05) is 62.2 Å². The van der Waals surface area contributed by atoms with Crippen LogP contribution in [0.1, 0.15) is 85.6 Å². The van der Waals surface area contributed by atoms with Gasteiger partial charge >= 0.3 is 5.69 Å². The van der Waals surface area contributed by atoms with Crippen LogP contribution in [-0.2, 0) is 34.9 Å². The van der Waals surface area contributed by atoms with Gasteiger partial charge in [-0.3, -0.25) is 38.7 Å². The summed E-state index contributed by atoms with van der Waals surface area (Å²) in [6.45, 7) is 12.4. The van der Waals surface area contributed by atoms with Gasteiger partial charge in [0.1, 0.15) is 6.04 Å². The molecular formula is C47H55N9O4. The van der Waals surface area contributed by atoms with E-state index in [-0.39, 0.29) is 29.3 Å². The molecule has 2 aromatic carbocycles. The Hall–Kier alpha value is -5.69. The van der Waals surface area contributed by atoms with Crippen LogP contribution < -0.4 is 26.1 Å². The molecular weight excluding hydrogens is 755 g/mol. The molecule has 4 fully saturated rings. The molecule has 1 unspecified atom stereocenters. The van der Waals surface area contributed by atoms with Crippen LogP contribution in [0.2, 0.25) is 0 Å². The van der Waals surface area contributed by atoms with Gasteiger partial charge in [0.05, 0.1) is 22.3 Å². The molecule has 0 bridgehead atoms. The number of aryl methyl sites for hydroxylation is 3. The fourth-order valence-electron chi connectivity index (χ4n) is 10.5. The first-order chi connectivity index (χ1) is 29.1. The molecule has 0 radical (unpaired) electrons. The number of piperazine rings is 1. The van der Waals surface area contributed by atoms with E-state index in [1.807, 2.05) is 24.4 Å². The van der Waals surface area contributed by atoms with E-state index >= 15 is 0 Å². The summed E-state index contributed by atoms with van der Waals surface area (Å²) in [6, 6.07) is 16.3. The molecule has 1 spiro atoms. The summed E-state index contributed by atoms with van der Waals surface area (Å²) in [6.07, 6.45) is 8.81. The highest BCUT2D eigenvalue weighted by Gasteiger charge is 2.50. The number of H-pyrrole nitrogens is 1. The lowest BCUT2D eigenvalue weighted by Crippen LogP contribution is -2.49. The molecule has 1 aliphatic carbocycles. The number of imide groups is 1. The highest BCUT2D eigenvalue weighted by atomic mass is 16.2. The average molecular weight is 810 g/mol. The molecule has 10 rings (SSSR count). The molecule has 1 saturated carbocycles. The summed E-state index contributed by atoms with van der Waals surface area (Å²) in [5.41, 5.74) is 12.6. The van der Waals surface area contributed by atoms with Crippen molar-refractivity contribution in [3.05, 3.63) is 87.6 Å². The molecule has 4 aliphatic heterocycles. The minimum absolute atomic E-state index is 0.0159. The minimum Gasteiger partial charge on any atom is -0.371 e. The smallest absolute Gasteiger partial charge is 0.329 e. The fraction of sp³-hybridized carbons (Fsp3) is 0.468. The van der Waals surface area contributed by atoms with Crippen LogP contribution in [0.15, 0.2) is 59.5 Å². The van der Waals surface area contributed by atoms with Gasteiger partial charge in [0.2, 0.25) is 11.8 Å². The standard InChI is InChI=1S/C47H55N9O4/c1-4-30-22-33(36-24-32(10-15-48-36)37-26-35-43(50-37)47(13-14-47)28-49-44(35)58)23-31(5-2)42(30)55-20-18-53(19-21-55)27-29-11-16-54(17-12-29)34-6-7-38-40(25-34)52(3)46(60)56(38)39-8-9-41(57)51-45(39)59/h6-7,10,15,22-26,29,39,50H,4-5,8-9,11-14,16-21,27-28H2,1-3H3,(H,49,58)(H,51,57,59). The number of pyridine rings is 1. The third kappa shape index (κ3) is 6.71. The van der Waals surface area contributed by atoms with Crippen molar-refractivity contribution in [1.82, 2.24) is 34.6 Å². The number of hydrogen-bond donors (Lipinski definition) is 3. The fourth-order valence-corrected chi connectivity index (χ4v) is 10.5. The predicted molar refractivity (Wildman–Crippen MR) is 234 cm³/mol. The summed E-state index contributed by atoms with van der Waals surface area (Å²) in [5, 5.41) is 5.49. The number of benzene rings is 2. The van der Waals surface area contributed by atoms with E-state index in [2.05, 4.69) is 74.5 Å². The summed E-state index contributed by atoms with van der Waals surface area (Å²) in [5.74, 6) is -0.0454. The average Bonchev–Trinajstić information content (AvgIpc) is 3.82. The molecule has 1 atom stereocenters. The highest BCUT2D eigenvalue weighted by Crippen LogP contribution is 2.51. The van der Waals surface area contributed by atoms with Crippen LogP contribution in [0.4, 0.5) is 11.4 Å². The third-order valence-corrected chi connectivity index (χ3v) is 14.2. The van der Waals surface area contributed by atoms with E-state index in [9.17, 15) is 19.2 Å².